The van der Waals surface area contributed by atoms with Crippen LogP contribution >= 0.6 is 0 Å². The molecule has 0 bridgehead atoms. The summed E-state index contributed by atoms with van der Waals surface area (Å²) in [4.78, 5) is 3.59. The van der Waals surface area contributed by atoms with Gasteiger partial charge in [-0.05, 0) is 18.2 Å². The summed E-state index contributed by atoms with van der Waals surface area (Å²) in [6.07, 6.45) is 0. The van der Waals surface area contributed by atoms with Gasteiger partial charge in [-0.25, -0.2) is 24.0 Å². The van der Waals surface area contributed by atoms with Gasteiger partial charge in [-0.2, -0.15) is 0 Å². The third kappa shape index (κ3) is 3.20. The van der Waals surface area contributed by atoms with Gasteiger partial charge in [-0.1, -0.05) is 6.07 Å². The first-order valence-electron chi connectivity index (χ1n) is 3.80. The van der Waals surface area contributed by atoms with Crippen molar-refractivity contribution in [2.24, 2.45) is 15.9 Å². The van der Waals surface area contributed by atoms with Gasteiger partial charge in [0.1, 0.15) is 0 Å². The molecular weight excluding hydrogens is 220 g/mol. The highest BCUT2D eigenvalue weighted by Gasteiger charge is 2.07. The summed E-state index contributed by atoms with van der Waals surface area (Å²) in [5, 5.41) is 13.3. The summed E-state index contributed by atoms with van der Waals surface area (Å²) in [6, 6.07) is 5.54. The summed E-state index contributed by atoms with van der Waals surface area (Å²) in [6.45, 7) is 0. The zero-order chi connectivity index (χ0) is 11.5. The number of primary sulfonamides is 1. The van der Waals surface area contributed by atoms with Gasteiger partial charge < -0.3 is 5.73 Å². The van der Waals surface area contributed by atoms with E-state index in [1.807, 2.05) is 0 Å². The predicted octanol–water partition coefficient (Wildman–Crippen LogP) is -0.741. The van der Waals surface area contributed by atoms with Crippen molar-refractivity contribution in [1.82, 2.24) is 5.48 Å². The number of benzene rings is 1. The van der Waals surface area contributed by atoms with Crippen LogP contribution in [0.5, 0.6) is 0 Å². The van der Waals surface area contributed by atoms with Crippen LogP contribution in [0.2, 0.25) is 0 Å². The molecule has 0 atom stereocenters. The Balaban J connectivity index is 3.15. The van der Waals surface area contributed by atoms with Crippen molar-refractivity contribution < 1.29 is 13.6 Å². The van der Waals surface area contributed by atoms with Gasteiger partial charge in [0, 0.05) is 0 Å². The van der Waals surface area contributed by atoms with Gasteiger partial charge in [0.2, 0.25) is 16.0 Å². The van der Waals surface area contributed by atoms with E-state index in [9.17, 15) is 8.42 Å². The maximum atomic E-state index is 11.0. The second-order valence-corrected chi connectivity index (χ2v) is 4.21. The van der Waals surface area contributed by atoms with E-state index in [1.54, 1.807) is 5.48 Å². The number of nitrogens with one attached hydrogen (secondary N) is 1. The van der Waals surface area contributed by atoms with Gasteiger partial charge in [-0.15, -0.1) is 0 Å². The molecular formula is C7H10N4O3S. The van der Waals surface area contributed by atoms with E-state index in [2.05, 4.69) is 4.99 Å². The quantitative estimate of drug-likeness (QED) is 0.302. The number of hydroxylamine groups is 1. The second-order valence-electron chi connectivity index (χ2n) is 2.65. The molecule has 0 aliphatic carbocycles. The van der Waals surface area contributed by atoms with Gasteiger partial charge in [0.05, 0.1) is 10.6 Å². The van der Waals surface area contributed by atoms with Crippen molar-refractivity contribution in [3.63, 3.8) is 0 Å². The van der Waals surface area contributed by atoms with E-state index in [0.29, 0.717) is 0 Å². The fraction of sp³-hybridized carbons (Fsp3) is 0. The molecule has 0 unspecified atom stereocenters. The first-order valence-corrected chi connectivity index (χ1v) is 5.35. The number of nitrogens with two attached hydrogens (primary N) is 2. The van der Waals surface area contributed by atoms with Crippen LogP contribution in [-0.2, 0) is 10.0 Å². The summed E-state index contributed by atoms with van der Waals surface area (Å²) in [7, 11) is -3.76. The molecule has 0 amide bonds. The summed E-state index contributed by atoms with van der Waals surface area (Å²) in [5.74, 6) is -0.249. The number of guanidine groups is 1. The molecule has 0 saturated heterocycles. The lowest BCUT2D eigenvalue weighted by Crippen LogP contribution is -2.27. The van der Waals surface area contributed by atoms with Crippen LogP contribution in [0.3, 0.4) is 0 Å². The van der Waals surface area contributed by atoms with Gasteiger partial charge in [0.25, 0.3) is 0 Å². The van der Waals surface area contributed by atoms with Crippen LogP contribution in [0, 0.1) is 0 Å². The standard InChI is InChI=1S/C7H10N4O3S/c8-7(11-12)10-5-2-1-3-6(4-5)15(9,13)14/h1-4,12H,(H3,8,10,11)(H2,9,13,14). The molecule has 1 aromatic carbocycles. The van der Waals surface area contributed by atoms with Crippen LogP contribution in [0.4, 0.5) is 5.69 Å². The average molecular weight is 230 g/mol. The van der Waals surface area contributed by atoms with E-state index >= 15 is 0 Å². The van der Waals surface area contributed by atoms with Gasteiger partial charge in [-0.3, -0.25) is 5.21 Å². The minimum atomic E-state index is -3.76. The van der Waals surface area contributed by atoms with Crippen LogP contribution < -0.4 is 16.4 Å². The normalized spacial score (nSPS) is 12.5. The maximum Gasteiger partial charge on any atom is 0.238 e. The maximum absolute atomic E-state index is 11.0. The average Bonchev–Trinajstić information content (AvgIpc) is 2.17. The molecule has 0 radical (unpaired) electrons. The summed E-state index contributed by atoms with van der Waals surface area (Å²) < 4.78 is 21.9. The minimum Gasteiger partial charge on any atom is -0.368 e. The Morgan fingerprint density at radius 1 is 1.47 bits per heavy atom. The molecule has 6 N–H and O–H groups in total. The fourth-order valence-electron chi connectivity index (χ4n) is 0.894. The Kier molecular flexibility index (Phi) is 3.24. The van der Waals surface area contributed by atoms with Crippen molar-refractivity contribution >= 4 is 21.7 Å². The van der Waals surface area contributed by atoms with E-state index in [4.69, 9.17) is 16.1 Å². The number of hydrogen-bond acceptors (Lipinski definition) is 4. The number of aliphatic imine (C=N–C) groups is 1. The van der Waals surface area contributed by atoms with E-state index in [-0.39, 0.29) is 16.5 Å². The zero-order valence-corrected chi connectivity index (χ0v) is 8.40. The molecule has 1 aromatic rings. The Morgan fingerprint density at radius 2 is 2.13 bits per heavy atom. The highest BCUT2D eigenvalue weighted by molar-refractivity contribution is 7.89. The molecule has 0 spiro atoms. The molecule has 82 valence electrons. The molecule has 0 saturated carbocycles. The lowest BCUT2D eigenvalue weighted by Gasteiger charge is -2.00. The highest BCUT2D eigenvalue weighted by atomic mass is 32.2. The lowest BCUT2D eigenvalue weighted by atomic mass is 10.3. The Morgan fingerprint density at radius 3 is 2.67 bits per heavy atom. The Bertz CT molecular complexity index is 483. The third-order valence-corrected chi connectivity index (χ3v) is 2.42. The number of rotatable bonds is 2. The molecule has 0 aliphatic rings. The smallest absolute Gasteiger partial charge is 0.238 e. The first-order chi connectivity index (χ1) is 6.93. The summed E-state index contributed by atoms with van der Waals surface area (Å²) >= 11 is 0. The SMILES string of the molecule is NC(=Nc1cccc(S(N)(=O)=O)c1)NO. The monoisotopic (exact) mass is 230 g/mol. The predicted molar refractivity (Wildman–Crippen MR) is 54.0 cm³/mol. The molecule has 15 heavy (non-hydrogen) atoms. The Hall–Kier alpha value is -1.64. The van der Waals surface area contributed by atoms with E-state index in [1.165, 1.54) is 24.3 Å². The number of hydrogen-bond donors (Lipinski definition) is 4. The molecule has 0 heterocycles. The fourth-order valence-corrected chi connectivity index (χ4v) is 1.45. The molecule has 8 heteroatoms. The van der Waals surface area contributed by atoms with Gasteiger partial charge >= 0.3 is 0 Å². The van der Waals surface area contributed by atoms with Crippen LogP contribution in [0.1, 0.15) is 0 Å². The van der Waals surface area contributed by atoms with Gasteiger partial charge in [0.15, 0.2) is 0 Å². The second kappa shape index (κ2) is 4.26. The molecule has 7 nitrogen and oxygen atoms in total. The van der Waals surface area contributed by atoms with Crippen LogP contribution in [0.25, 0.3) is 0 Å². The van der Waals surface area contributed by atoms with Crippen LogP contribution in [-0.4, -0.2) is 19.6 Å². The molecule has 1 rings (SSSR count). The van der Waals surface area contributed by atoms with Crippen molar-refractivity contribution in [3.8, 4) is 0 Å². The largest absolute Gasteiger partial charge is 0.368 e. The van der Waals surface area contributed by atoms with E-state index < -0.39 is 10.0 Å². The van der Waals surface area contributed by atoms with Crippen molar-refractivity contribution in [1.29, 1.82) is 0 Å². The Labute approximate surface area is 86.4 Å². The number of nitrogens with zero attached hydrogens (tertiary/aromatic N) is 1. The number of sulfonamides is 1. The van der Waals surface area contributed by atoms with Crippen molar-refractivity contribution in [3.05, 3.63) is 24.3 Å². The first kappa shape index (κ1) is 11.4. The molecule has 0 aromatic heterocycles. The third-order valence-electron chi connectivity index (χ3n) is 1.51. The van der Waals surface area contributed by atoms with Crippen molar-refractivity contribution in [2.75, 3.05) is 0 Å². The zero-order valence-electron chi connectivity index (χ0n) is 7.58. The summed E-state index contributed by atoms with van der Waals surface area (Å²) in [5.41, 5.74) is 7.06. The molecule has 0 aliphatic heterocycles. The minimum absolute atomic E-state index is 0.0745. The van der Waals surface area contributed by atoms with Crippen molar-refractivity contribution in [2.45, 2.75) is 4.90 Å². The topological polar surface area (TPSA) is 131 Å². The highest BCUT2D eigenvalue weighted by Crippen LogP contribution is 2.16. The lowest BCUT2D eigenvalue weighted by molar-refractivity contribution is 0.233. The van der Waals surface area contributed by atoms with Crippen LogP contribution in [0.15, 0.2) is 34.2 Å². The molecule has 0 fully saturated rings. The van der Waals surface area contributed by atoms with E-state index in [0.717, 1.165) is 0 Å².